The number of rotatable bonds is 4. The molecule has 1 heterocycles. The zero-order valence-corrected chi connectivity index (χ0v) is 12.7. The maximum atomic E-state index is 12.1. The summed E-state index contributed by atoms with van der Waals surface area (Å²) >= 11 is 5.92. The maximum absolute atomic E-state index is 12.1. The molecular formula is C12H15ClN2O4S. The Hall–Kier alpha value is -1.31. The molecular weight excluding hydrogens is 304 g/mol. The fourth-order valence-electron chi connectivity index (χ4n) is 1.78. The summed E-state index contributed by atoms with van der Waals surface area (Å²) in [5, 5.41) is 0.389. The van der Waals surface area contributed by atoms with Crippen LogP contribution >= 0.6 is 11.6 Å². The number of likely N-dealkylation sites (N-methyl/N-ethyl adjacent to an activating group) is 1. The second-order valence-corrected chi connectivity index (χ2v) is 6.82. The number of hydrogen-bond acceptors (Lipinski definition) is 4. The van der Waals surface area contributed by atoms with Gasteiger partial charge in [-0.1, -0.05) is 17.7 Å². The number of cyclic esters (lactones) is 1. The molecule has 0 radical (unpaired) electrons. The van der Waals surface area contributed by atoms with Crippen LogP contribution in [0, 0.1) is 6.92 Å². The minimum absolute atomic E-state index is 0.0317. The molecule has 0 aromatic heterocycles. The van der Waals surface area contributed by atoms with Crippen LogP contribution in [0.15, 0.2) is 23.1 Å². The molecule has 1 atom stereocenters. The third-order valence-electron chi connectivity index (χ3n) is 3.01. The van der Waals surface area contributed by atoms with Crippen LogP contribution in [0.2, 0.25) is 5.02 Å². The molecule has 1 aliphatic heterocycles. The van der Waals surface area contributed by atoms with E-state index in [2.05, 4.69) is 4.72 Å². The molecule has 0 saturated carbocycles. The molecule has 2 rings (SSSR count). The third-order valence-corrected chi connectivity index (χ3v) is 4.84. The molecule has 6 nitrogen and oxygen atoms in total. The summed E-state index contributed by atoms with van der Waals surface area (Å²) in [6.45, 7) is 2.18. The Morgan fingerprint density at radius 1 is 1.50 bits per heavy atom. The minimum Gasteiger partial charge on any atom is -0.443 e. The summed E-state index contributed by atoms with van der Waals surface area (Å²) in [6, 6.07) is 4.52. The Bertz CT molecular complexity index is 632. The lowest BCUT2D eigenvalue weighted by Gasteiger charge is -2.11. The fraction of sp³-hybridized carbons (Fsp3) is 0.417. The first-order valence-electron chi connectivity index (χ1n) is 5.97. The molecule has 1 saturated heterocycles. The molecule has 1 amide bonds. The molecule has 1 unspecified atom stereocenters. The van der Waals surface area contributed by atoms with E-state index in [-0.39, 0.29) is 11.4 Å². The summed E-state index contributed by atoms with van der Waals surface area (Å²) in [4.78, 5) is 12.6. The van der Waals surface area contributed by atoms with Gasteiger partial charge in [0.1, 0.15) is 6.10 Å². The van der Waals surface area contributed by atoms with Gasteiger partial charge in [0.05, 0.1) is 11.4 Å². The number of nitrogens with zero attached hydrogens (tertiary/aromatic N) is 1. The first-order chi connectivity index (χ1) is 9.29. The van der Waals surface area contributed by atoms with Crippen LogP contribution in [0.25, 0.3) is 0 Å². The van der Waals surface area contributed by atoms with E-state index in [0.717, 1.165) is 5.56 Å². The van der Waals surface area contributed by atoms with Crippen molar-refractivity contribution in [2.24, 2.45) is 0 Å². The van der Waals surface area contributed by atoms with Gasteiger partial charge in [-0.3, -0.25) is 0 Å². The summed E-state index contributed by atoms with van der Waals surface area (Å²) in [5.41, 5.74) is 0.803. The van der Waals surface area contributed by atoms with Crippen LogP contribution in [0.4, 0.5) is 4.79 Å². The topological polar surface area (TPSA) is 75.7 Å². The van der Waals surface area contributed by atoms with Crippen molar-refractivity contribution in [1.82, 2.24) is 9.62 Å². The quantitative estimate of drug-likeness (QED) is 0.910. The van der Waals surface area contributed by atoms with Crippen molar-refractivity contribution in [2.45, 2.75) is 17.9 Å². The number of nitrogens with one attached hydrogen (secondary N) is 1. The zero-order chi connectivity index (χ0) is 14.9. The Balaban J connectivity index is 2.04. The number of sulfonamides is 1. The average Bonchev–Trinajstić information content (AvgIpc) is 2.70. The fourth-order valence-corrected chi connectivity index (χ4v) is 3.12. The number of carbonyl (C=O) groups is 1. The normalized spacial score (nSPS) is 19.2. The molecule has 0 aliphatic carbocycles. The first-order valence-corrected chi connectivity index (χ1v) is 7.83. The molecule has 0 bridgehead atoms. The van der Waals surface area contributed by atoms with Crippen LogP contribution < -0.4 is 4.72 Å². The lowest BCUT2D eigenvalue weighted by molar-refractivity contribution is 0.135. The van der Waals surface area contributed by atoms with Gasteiger partial charge in [0.25, 0.3) is 0 Å². The number of halogens is 1. The van der Waals surface area contributed by atoms with Gasteiger partial charge in [0.15, 0.2) is 0 Å². The van der Waals surface area contributed by atoms with Crippen molar-refractivity contribution in [3.63, 3.8) is 0 Å². The zero-order valence-electron chi connectivity index (χ0n) is 11.1. The van der Waals surface area contributed by atoms with Crippen molar-refractivity contribution in [3.05, 3.63) is 28.8 Å². The average molecular weight is 319 g/mol. The Morgan fingerprint density at radius 2 is 2.20 bits per heavy atom. The van der Waals surface area contributed by atoms with Crippen molar-refractivity contribution in [2.75, 3.05) is 20.1 Å². The smallest absolute Gasteiger partial charge is 0.410 e. The van der Waals surface area contributed by atoms with Crippen LogP contribution in [-0.2, 0) is 14.8 Å². The highest BCUT2D eigenvalue weighted by Gasteiger charge is 2.29. The molecule has 20 heavy (non-hydrogen) atoms. The minimum atomic E-state index is -3.67. The number of ether oxygens (including phenoxy) is 1. The lowest BCUT2D eigenvalue weighted by Crippen LogP contribution is -2.34. The van der Waals surface area contributed by atoms with Crippen LogP contribution in [0.3, 0.4) is 0 Å². The monoisotopic (exact) mass is 318 g/mol. The van der Waals surface area contributed by atoms with Crippen molar-refractivity contribution < 1.29 is 17.9 Å². The van der Waals surface area contributed by atoms with Crippen LogP contribution in [-0.4, -0.2) is 45.7 Å². The Morgan fingerprint density at radius 3 is 2.75 bits per heavy atom. The molecule has 0 spiro atoms. The Kier molecular flexibility index (Phi) is 4.22. The SMILES string of the molecule is Cc1ccc(S(=O)(=O)NCC2CN(C)C(=O)O2)cc1Cl. The standard InChI is InChI=1S/C12H15ClN2O4S/c1-8-3-4-10(5-11(8)13)20(17,18)14-6-9-7-15(2)12(16)19-9/h3-5,9,14H,6-7H2,1-2H3. The number of aryl methyl sites for hydroxylation is 1. The van der Waals surface area contributed by atoms with E-state index in [1.54, 1.807) is 20.0 Å². The van der Waals surface area contributed by atoms with E-state index >= 15 is 0 Å². The van der Waals surface area contributed by atoms with Gasteiger partial charge in [-0.15, -0.1) is 0 Å². The maximum Gasteiger partial charge on any atom is 0.410 e. The molecule has 1 aromatic rings. The van der Waals surface area contributed by atoms with E-state index in [1.807, 2.05) is 0 Å². The number of hydrogen-bond donors (Lipinski definition) is 1. The Labute approximate surface area is 122 Å². The van der Waals surface area contributed by atoms with Crippen LogP contribution in [0.1, 0.15) is 5.56 Å². The van der Waals surface area contributed by atoms with Crippen molar-refractivity contribution in [3.8, 4) is 0 Å². The number of amides is 1. The highest BCUT2D eigenvalue weighted by atomic mass is 35.5. The highest BCUT2D eigenvalue weighted by Crippen LogP contribution is 2.20. The van der Waals surface area contributed by atoms with Gasteiger partial charge in [-0.05, 0) is 24.6 Å². The van der Waals surface area contributed by atoms with E-state index in [4.69, 9.17) is 16.3 Å². The van der Waals surface area contributed by atoms with Gasteiger partial charge < -0.3 is 9.64 Å². The van der Waals surface area contributed by atoms with Gasteiger partial charge in [0.2, 0.25) is 10.0 Å². The van der Waals surface area contributed by atoms with E-state index in [9.17, 15) is 13.2 Å². The predicted octanol–water partition coefficient (Wildman–Crippen LogP) is 1.38. The second-order valence-electron chi connectivity index (χ2n) is 4.65. The molecule has 1 aromatic carbocycles. The number of carbonyl (C=O) groups excluding carboxylic acids is 1. The largest absolute Gasteiger partial charge is 0.443 e. The van der Waals surface area contributed by atoms with E-state index in [1.165, 1.54) is 17.0 Å². The summed E-state index contributed by atoms with van der Waals surface area (Å²) in [6.07, 6.45) is -0.934. The molecule has 1 fully saturated rings. The van der Waals surface area contributed by atoms with Crippen LogP contribution in [0.5, 0.6) is 0 Å². The predicted molar refractivity (Wildman–Crippen MR) is 74.3 cm³/mol. The lowest BCUT2D eigenvalue weighted by atomic mass is 10.2. The van der Waals surface area contributed by atoms with E-state index < -0.39 is 22.2 Å². The summed E-state index contributed by atoms with van der Waals surface area (Å²) < 4.78 is 31.6. The number of benzene rings is 1. The summed E-state index contributed by atoms with van der Waals surface area (Å²) in [5.74, 6) is 0. The third kappa shape index (κ3) is 3.23. The van der Waals surface area contributed by atoms with Crippen molar-refractivity contribution >= 4 is 27.7 Å². The van der Waals surface area contributed by atoms with E-state index in [0.29, 0.717) is 11.6 Å². The highest BCUT2D eigenvalue weighted by molar-refractivity contribution is 7.89. The van der Waals surface area contributed by atoms with Gasteiger partial charge in [-0.2, -0.15) is 0 Å². The molecule has 1 aliphatic rings. The molecule has 8 heteroatoms. The van der Waals surface area contributed by atoms with Gasteiger partial charge >= 0.3 is 6.09 Å². The molecule has 1 N–H and O–H groups in total. The second kappa shape index (κ2) is 5.59. The summed E-state index contributed by atoms with van der Waals surface area (Å²) in [7, 11) is -2.07. The molecule has 110 valence electrons. The first kappa shape index (κ1) is 15.1. The van der Waals surface area contributed by atoms with Crippen molar-refractivity contribution in [1.29, 1.82) is 0 Å². The van der Waals surface area contributed by atoms with Gasteiger partial charge in [-0.25, -0.2) is 17.9 Å². The van der Waals surface area contributed by atoms with Gasteiger partial charge in [0, 0.05) is 18.6 Å².